The summed E-state index contributed by atoms with van der Waals surface area (Å²) in [5.41, 5.74) is 4.03. The van der Waals surface area contributed by atoms with E-state index in [1.165, 1.54) is 0 Å². The first-order valence-corrected chi connectivity index (χ1v) is 15.1. The van der Waals surface area contributed by atoms with E-state index in [1.807, 2.05) is 113 Å². The van der Waals surface area contributed by atoms with Crippen LogP contribution >= 0.6 is 0 Å². The van der Waals surface area contributed by atoms with Gasteiger partial charge in [0.15, 0.2) is 11.6 Å². The zero-order valence-corrected chi connectivity index (χ0v) is 26.0. The maximum absolute atomic E-state index is 12.4. The fourth-order valence-corrected chi connectivity index (χ4v) is 4.84. The highest BCUT2D eigenvalue weighted by Gasteiger charge is 2.28. The summed E-state index contributed by atoms with van der Waals surface area (Å²) in [6.45, 7) is 9.78. The number of hydrogen-bond acceptors (Lipinski definition) is 7. The van der Waals surface area contributed by atoms with Crippen LogP contribution in [0, 0.1) is 0 Å². The van der Waals surface area contributed by atoms with Gasteiger partial charge in [-0.05, 0) is 75.9 Å². The third-order valence-electron chi connectivity index (χ3n) is 7.22. The zero-order chi connectivity index (χ0) is 31.3. The average Bonchev–Trinajstić information content (AvgIpc) is 3.04. The zero-order valence-electron chi connectivity index (χ0n) is 26.0. The summed E-state index contributed by atoms with van der Waals surface area (Å²) in [6, 6.07) is 34.4. The maximum atomic E-state index is 12.4. The molecule has 0 amide bonds. The average molecular weight is 599 g/mol. The molecule has 0 fully saturated rings. The minimum Gasteiger partial charge on any atom is -0.395 e. The molecule has 0 saturated carbocycles. The molecule has 0 N–H and O–H groups in total. The van der Waals surface area contributed by atoms with Gasteiger partial charge < -0.3 is 28.4 Å². The Morgan fingerprint density at radius 2 is 0.886 bits per heavy atom. The van der Waals surface area contributed by atoms with Crippen LogP contribution in [0.25, 0.3) is 0 Å². The van der Waals surface area contributed by atoms with Crippen LogP contribution in [0.15, 0.2) is 109 Å². The van der Waals surface area contributed by atoms with Crippen LogP contribution in [0.5, 0.6) is 11.5 Å². The standard InChI is InChI=1S/C37H42O7/c1-5-39-36(3,31-13-9-7-10-14-31)41-27-25-29-17-21-33(22-18-29)43-35(38)44-34-23-19-30(20-24-34)26-28-42-37(4,40-6-2)32-15-11-8-12-16-32/h7-24H,5-6,25-28H2,1-4H3. The third-order valence-corrected chi connectivity index (χ3v) is 7.22. The molecule has 232 valence electrons. The number of benzene rings is 4. The second-order valence-electron chi connectivity index (χ2n) is 10.4. The Morgan fingerprint density at radius 1 is 0.523 bits per heavy atom. The summed E-state index contributed by atoms with van der Waals surface area (Å²) in [7, 11) is 0. The summed E-state index contributed by atoms with van der Waals surface area (Å²) in [4.78, 5) is 12.4. The molecule has 0 bridgehead atoms. The molecule has 0 aliphatic rings. The third kappa shape index (κ3) is 9.49. The van der Waals surface area contributed by atoms with Crippen LogP contribution in [0.3, 0.4) is 0 Å². The van der Waals surface area contributed by atoms with Crippen LogP contribution < -0.4 is 9.47 Å². The van der Waals surface area contributed by atoms with E-state index in [-0.39, 0.29) is 0 Å². The van der Waals surface area contributed by atoms with Gasteiger partial charge in [0.25, 0.3) is 0 Å². The summed E-state index contributed by atoms with van der Waals surface area (Å²) in [5, 5.41) is 0. The topological polar surface area (TPSA) is 72.5 Å². The quantitative estimate of drug-likeness (QED) is 0.0731. The number of carbonyl (C=O) groups excluding carboxylic acids is 1. The van der Waals surface area contributed by atoms with Crippen molar-refractivity contribution >= 4 is 6.16 Å². The Morgan fingerprint density at radius 3 is 1.23 bits per heavy atom. The Hall–Kier alpha value is -4.01. The fourth-order valence-electron chi connectivity index (χ4n) is 4.84. The largest absolute Gasteiger partial charge is 0.519 e. The normalized spacial score (nSPS) is 13.9. The van der Waals surface area contributed by atoms with E-state index in [4.69, 9.17) is 28.4 Å². The molecule has 4 aromatic rings. The van der Waals surface area contributed by atoms with Crippen molar-refractivity contribution in [1.29, 1.82) is 0 Å². The SMILES string of the molecule is CCOC(C)(OCCc1ccc(OC(=O)Oc2ccc(CCOC(C)(OCC)c3ccccc3)cc2)cc1)c1ccccc1. The molecule has 0 aromatic heterocycles. The molecule has 2 atom stereocenters. The molecule has 0 aliphatic carbocycles. The summed E-state index contributed by atoms with van der Waals surface area (Å²) in [6.07, 6.45) is 0.548. The van der Waals surface area contributed by atoms with Gasteiger partial charge in [-0.15, -0.1) is 0 Å². The highest BCUT2D eigenvalue weighted by molar-refractivity contribution is 5.67. The lowest BCUT2D eigenvalue weighted by atomic mass is 10.1. The van der Waals surface area contributed by atoms with Crippen LogP contribution in [0.2, 0.25) is 0 Å². The van der Waals surface area contributed by atoms with E-state index in [9.17, 15) is 4.79 Å². The Kier molecular flexibility index (Phi) is 12.1. The lowest BCUT2D eigenvalue weighted by molar-refractivity contribution is -0.232. The van der Waals surface area contributed by atoms with Gasteiger partial charge in [-0.2, -0.15) is 0 Å². The first kappa shape index (κ1) is 32.9. The molecule has 0 aliphatic heterocycles. The predicted octanol–water partition coefficient (Wildman–Crippen LogP) is 8.20. The summed E-state index contributed by atoms with van der Waals surface area (Å²) >= 11 is 0. The molecule has 0 radical (unpaired) electrons. The van der Waals surface area contributed by atoms with Gasteiger partial charge in [-0.1, -0.05) is 84.9 Å². The van der Waals surface area contributed by atoms with Crippen molar-refractivity contribution in [2.24, 2.45) is 0 Å². The van der Waals surface area contributed by atoms with Crippen molar-refractivity contribution in [3.8, 4) is 11.5 Å². The molecule has 7 nitrogen and oxygen atoms in total. The van der Waals surface area contributed by atoms with Gasteiger partial charge in [-0.3, -0.25) is 0 Å². The molecule has 0 spiro atoms. The molecule has 44 heavy (non-hydrogen) atoms. The first-order chi connectivity index (χ1) is 21.3. The van der Waals surface area contributed by atoms with Gasteiger partial charge in [0.2, 0.25) is 0 Å². The van der Waals surface area contributed by atoms with Crippen LogP contribution in [-0.2, 0) is 43.4 Å². The van der Waals surface area contributed by atoms with E-state index in [0.717, 1.165) is 22.3 Å². The van der Waals surface area contributed by atoms with Gasteiger partial charge in [0.05, 0.1) is 13.2 Å². The fraction of sp³-hybridized carbons (Fsp3) is 0.324. The maximum Gasteiger partial charge on any atom is 0.519 e. The summed E-state index contributed by atoms with van der Waals surface area (Å²) in [5.74, 6) is -0.843. The monoisotopic (exact) mass is 598 g/mol. The van der Waals surface area contributed by atoms with Crippen LogP contribution in [0.4, 0.5) is 4.79 Å². The van der Waals surface area contributed by atoms with Crippen molar-refractivity contribution < 1.29 is 33.2 Å². The van der Waals surface area contributed by atoms with E-state index in [2.05, 4.69) is 0 Å². The first-order valence-electron chi connectivity index (χ1n) is 15.1. The van der Waals surface area contributed by atoms with E-state index in [0.29, 0.717) is 50.8 Å². The predicted molar refractivity (Wildman–Crippen MR) is 170 cm³/mol. The smallest absolute Gasteiger partial charge is 0.395 e. The van der Waals surface area contributed by atoms with Gasteiger partial charge >= 0.3 is 6.16 Å². The van der Waals surface area contributed by atoms with Crippen molar-refractivity contribution in [3.05, 3.63) is 131 Å². The molecule has 2 unspecified atom stereocenters. The van der Waals surface area contributed by atoms with Crippen molar-refractivity contribution in [2.75, 3.05) is 26.4 Å². The Bertz CT molecular complexity index is 1300. The highest BCUT2D eigenvalue weighted by Crippen LogP contribution is 2.28. The molecule has 4 aromatic carbocycles. The van der Waals surface area contributed by atoms with E-state index < -0.39 is 17.7 Å². The van der Waals surface area contributed by atoms with E-state index in [1.54, 1.807) is 24.3 Å². The Labute approximate surface area is 260 Å². The van der Waals surface area contributed by atoms with E-state index >= 15 is 0 Å². The summed E-state index contributed by atoms with van der Waals surface area (Å²) < 4.78 is 34.9. The van der Waals surface area contributed by atoms with Crippen LogP contribution in [0.1, 0.15) is 49.9 Å². The lowest BCUT2D eigenvalue weighted by Crippen LogP contribution is -2.30. The molecule has 7 heteroatoms. The van der Waals surface area contributed by atoms with Crippen molar-refractivity contribution in [3.63, 3.8) is 0 Å². The molecule has 0 saturated heterocycles. The number of hydrogen-bond donors (Lipinski definition) is 0. The highest BCUT2D eigenvalue weighted by atomic mass is 16.7. The molecular weight excluding hydrogens is 556 g/mol. The van der Waals surface area contributed by atoms with Crippen molar-refractivity contribution in [2.45, 2.75) is 52.1 Å². The van der Waals surface area contributed by atoms with Gasteiger partial charge in [-0.25, -0.2) is 4.79 Å². The molecule has 4 rings (SSSR count). The second-order valence-corrected chi connectivity index (χ2v) is 10.4. The number of carbonyl (C=O) groups is 1. The Balaban J connectivity index is 1.21. The minimum atomic E-state index is -0.817. The van der Waals surface area contributed by atoms with Gasteiger partial charge in [0, 0.05) is 24.3 Å². The van der Waals surface area contributed by atoms with Crippen LogP contribution in [-0.4, -0.2) is 32.6 Å². The molecule has 0 heterocycles. The minimum absolute atomic E-state index is 0.396. The molecular formula is C37H42O7. The van der Waals surface area contributed by atoms with Crippen molar-refractivity contribution in [1.82, 2.24) is 0 Å². The number of ether oxygens (including phenoxy) is 6. The lowest BCUT2D eigenvalue weighted by Gasteiger charge is -2.30. The second kappa shape index (κ2) is 16.2. The number of rotatable bonds is 16. The van der Waals surface area contributed by atoms with Gasteiger partial charge in [0.1, 0.15) is 11.5 Å².